The van der Waals surface area contributed by atoms with Crippen LogP contribution in [-0.4, -0.2) is 24.6 Å². The molecule has 0 bridgehead atoms. The van der Waals surface area contributed by atoms with E-state index in [1.807, 2.05) is 0 Å². The minimum absolute atomic E-state index is 0.131. The number of rotatable bonds is 4. The Morgan fingerprint density at radius 2 is 2.27 bits per heavy atom. The summed E-state index contributed by atoms with van der Waals surface area (Å²) in [6, 6.07) is 4.28. The minimum atomic E-state index is -0.658. The molecule has 4 nitrogen and oxygen atoms in total. The largest absolute Gasteiger partial charge is 0.505 e. The number of likely N-dealkylation sites (N-methyl/N-ethyl adjacent to an activating group) is 1. The number of halogens is 1. The van der Waals surface area contributed by atoms with E-state index in [-0.39, 0.29) is 24.7 Å². The van der Waals surface area contributed by atoms with Crippen LogP contribution in [0.4, 0.5) is 4.39 Å². The molecule has 1 rings (SSSR count). The van der Waals surface area contributed by atoms with Crippen molar-refractivity contribution in [1.82, 2.24) is 10.6 Å². The third-order valence-electron chi connectivity index (χ3n) is 1.95. The molecule has 1 aromatic carbocycles. The van der Waals surface area contributed by atoms with Crippen LogP contribution in [0.5, 0.6) is 5.75 Å². The van der Waals surface area contributed by atoms with E-state index in [1.165, 1.54) is 19.2 Å². The summed E-state index contributed by atoms with van der Waals surface area (Å²) in [5.74, 6) is -1.19. The van der Waals surface area contributed by atoms with E-state index in [9.17, 15) is 14.3 Å². The number of amides is 1. The second-order valence-corrected chi connectivity index (χ2v) is 3.02. The minimum Gasteiger partial charge on any atom is -0.505 e. The Balaban J connectivity index is 2.51. The molecule has 0 fully saturated rings. The molecule has 0 saturated heterocycles. The van der Waals surface area contributed by atoms with Crippen molar-refractivity contribution in [2.75, 3.05) is 13.6 Å². The van der Waals surface area contributed by atoms with Gasteiger partial charge in [-0.2, -0.15) is 0 Å². The number of para-hydroxylation sites is 1. The summed E-state index contributed by atoms with van der Waals surface area (Å²) in [7, 11) is 1.53. The predicted molar refractivity (Wildman–Crippen MR) is 53.8 cm³/mol. The van der Waals surface area contributed by atoms with Crippen LogP contribution >= 0.6 is 0 Å². The molecule has 0 spiro atoms. The molecular weight excluding hydrogens is 199 g/mol. The van der Waals surface area contributed by atoms with E-state index in [1.54, 1.807) is 6.07 Å². The van der Waals surface area contributed by atoms with Gasteiger partial charge in [0.1, 0.15) is 0 Å². The third-order valence-corrected chi connectivity index (χ3v) is 1.95. The highest BCUT2D eigenvalue weighted by Crippen LogP contribution is 2.19. The van der Waals surface area contributed by atoms with Crippen molar-refractivity contribution < 1.29 is 14.3 Å². The van der Waals surface area contributed by atoms with Crippen LogP contribution in [0.15, 0.2) is 18.2 Å². The van der Waals surface area contributed by atoms with E-state index in [0.717, 1.165) is 0 Å². The van der Waals surface area contributed by atoms with Crippen molar-refractivity contribution in [2.24, 2.45) is 0 Å². The monoisotopic (exact) mass is 212 g/mol. The fourth-order valence-corrected chi connectivity index (χ4v) is 1.10. The van der Waals surface area contributed by atoms with Crippen molar-refractivity contribution in [1.29, 1.82) is 0 Å². The van der Waals surface area contributed by atoms with Gasteiger partial charge < -0.3 is 15.7 Å². The third kappa shape index (κ3) is 3.21. The summed E-state index contributed by atoms with van der Waals surface area (Å²) in [5.41, 5.74) is 0.430. The normalized spacial score (nSPS) is 10.0. The van der Waals surface area contributed by atoms with Crippen LogP contribution in [0, 0.1) is 5.82 Å². The maximum absolute atomic E-state index is 12.9. The first-order valence-corrected chi connectivity index (χ1v) is 4.52. The first-order chi connectivity index (χ1) is 7.15. The van der Waals surface area contributed by atoms with Crippen LogP contribution in [0.1, 0.15) is 5.56 Å². The molecule has 0 atom stereocenters. The highest BCUT2D eigenvalue weighted by atomic mass is 19.1. The zero-order valence-corrected chi connectivity index (χ0v) is 8.38. The Bertz CT molecular complexity index is 355. The lowest BCUT2D eigenvalue weighted by atomic mass is 10.2. The molecule has 0 aliphatic rings. The van der Waals surface area contributed by atoms with Gasteiger partial charge in [-0.15, -0.1) is 0 Å². The topological polar surface area (TPSA) is 61.4 Å². The summed E-state index contributed by atoms with van der Waals surface area (Å²) in [6.07, 6.45) is 0. The first kappa shape index (κ1) is 11.5. The zero-order chi connectivity index (χ0) is 11.3. The van der Waals surface area contributed by atoms with Gasteiger partial charge in [-0.05, 0) is 6.07 Å². The predicted octanol–water partition coefficient (Wildman–Crippen LogP) is 0.367. The Morgan fingerprint density at radius 3 is 2.93 bits per heavy atom. The summed E-state index contributed by atoms with van der Waals surface area (Å²) < 4.78 is 12.9. The first-order valence-electron chi connectivity index (χ1n) is 4.52. The zero-order valence-electron chi connectivity index (χ0n) is 8.38. The Kier molecular flexibility index (Phi) is 4.05. The highest BCUT2D eigenvalue weighted by molar-refractivity contribution is 5.77. The lowest BCUT2D eigenvalue weighted by molar-refractivity contribution is -0.119. The van der Waals surface area contributed by atoms with E-state index in [2.05, 4.69) is 10.6 Å². The number of carbonyl (C=O) groups excluding carboxylic acids is 1. The van der Waals surface area contributed by atoms with Crippen molar-refractivity contribution in [3.8, 4) is 5.75 Å². The van der Waals surface area contributed by atoms with Gasteiger partial charge in [0.25, 0.3) is 0 Å². The van der Waals surface area contributed by atoms with Gasteiger partial charge in [-0.3, -0.25) is 4.79 Å². The van der Waals surface area contributed by atoms with E-state index in [0.29, 0.717) is 5.56 Å². The quantitative estimate of drug-likeness (QED) is 0.675. The molecule has 5 heteroatoms. The number of carbonyl (C=O) groups is 1. The maximum atomic E-state index is 12.9. The van der Waals surface area contributed by atoms with Crippen LogP contribution in [0.25, 0.3) is 0 Å². The van der Waals surface area contributed by atoms with Crippen LogP contribution in [-0.2, 0) is 11.3 Å². The Morgan fingerprint density at radius 1 is 1.53 bits per heavy atom. The standard InChI is InChI=1S/C10H13FN2O2/c1-12-9(14)6-13-5-7-3-2-4-8(11)10(7)15/h2-4,13,15H,5-6H2,1H3,(H,12,14). The van der Waals surface area contributed by atoms with E-state index >= 15 is 0 Å². The fraction of sp³-hybridized carbons (Fsp3) is 0.300. The van der Waals surface area contributed by atoms with Crippen molar-refractivity contribution in [3.63, 3.8) is 0 Å². The highest BCUT2D eigenvalue weighted by Gasteiger charge is 2.06. The molecule has 0 aromatic heterocycles. The summed E-state index contributed by atoms with van der Waals surface area (Å²) in [5, 5.41) is 14.5. The van der Waals surface area contributed by atoms with Gasteiger partial charge in [0.15, 0.2) is 11.6 Å². The molecule has 0 saturated carbocycles. The van der Waals surface area contributed by atoms with Crippen LogP contribution in [0.2, 0.25) is 0 Å². The molecule has 1 amide bonds. The molecular formula is C10H13FN2O2. The number of nitrogens with one attached hydrogen (secondary N) is 2. The van der Waals surface area contributed by atoms with E-state index in [4.69, 9.17) is 0 Å². The molecule has 0 heterocycles. The lowest BCUT2D eigenvalue weighted by Gasteiger charge is -2.06. The van der Waals surface area contributed by atoms with Crippen molar-refractivity contribution in [3.05, 3.63) is 29.6 Å². The maximum Gasteiger partial charge on any atom is 0.233 e. The number of hydrogen-bond donors (Lipinski definition) is 3. The van der Waals surface area contributed by atoms with Gasteiger partial charge in [0, 0.05) is 19.2 Å². The number of hydrogen-bond acceptors (Lipinski definition) is 3. The second kappa shape index (κ2) is 5.31. The average molecular weight is 212 g/mol. The molecule has 82 valence electrons. The van der Waals surface area contributed by atoms with Gasteiger partial charge in [-0.1, -0.05) is 12.1 Å². The van der Waals surface area contributed by atoms with Crippen molar-refractivity contribution >= 4 is 5.91 Å². The molecule has 0 unspecified atom stereocenters. The average Bonchev–Trinajstić information content (AvgIpc) is 2.24. The molecule has 0 aliphatic heterocycles. The SMILES string of the molecule is CNC(=O)CNCc1cccc(F)c1O. The van der Waals surface area contributed by atoms with Gasteiger partial charge in [-0.25, -0.2) is 4.39 Å². The number of aromatic hydroxyl groups is 1. The van der Waals surface area contributed by atoms with Gasteiger partial charge in [0.2, 0.25) is 5.91 Å². The smallest absolute Gasteiger partial charge is 0.233 e. The van der Waals surface area contributed by atoms with Crippen LogP contribution in [0.3, 0.4) is 0 Å². The summed E-state index contributed by atoms with van der Waals surface area (Å²) in [6.45, 7) is 0.378. The Hall–Kier alpha value is -1.62. The molecule has 3 N–H and O–H groups in total. The van der Waals surface area contributed by atoms with E-state index < -0.39 is 5.82 Å². The van der Waals surface area contributed by atoms with Crippen molar-refractivity contribution in [2.45, 2.75) is 6.54 Å². The molecule has 15 heavy (non-hydrogen) atoms. The summed E-state index contributed by atoms with van der Waals surface area (Å²) in [4.78, 5) is 10.8. The van der Waals surface area contributed by atoms with Gasteiger partial charge >= 0.3 is 0 Å². The molecule has 0 aliphatic carbocycles. The number of benzene rings is 1. The fourth-order valence-electron chi connectivity index (χ4n) is 1.10. The number of phenolic OH excluding ortho intramolecular Hbond substituents is 1. The van der Waals surface area contributed by atoms with Crippen LogP contribution < -0.4 is 10.6 Å². The Labute approximate surface area is 87.1 Å². The van der Waals surface area contributed by atoms with Gasteiger partial charge in [0.05, 0.1) is 6.54 Å². The second-order valence-electron chi connectivity index (χ2n) is 3.02. The molecule has 1 aromatic rings. The number of phenols is 1. The molecule has 0 radical (unpaired) electrons. The summed E-state index contributed by atoms with van der Waals surface area (Å²) >= 11 is 0. The lowest BCUT2D eigenvalue weighted by Crippen LogP contribution is -2.30.